The molecule has 2 aliphatic rings. The van der Waals surface area contributed by atoms with Crippen molar-refractivity contribution in [3.63, 3.8) is 0 Å². The molecule has 2 amide bonds. The maximum absolute atomic E-state index is 12.9. The van der Waals surface area contributed by atoms with Crippen molar-refractivity contribution in [3.8, 4) is 0 Å². The highest BCUT2D eigenvalue weighted by atomic mass is 32.2. The third kappa shape index (κ3) is 7.15. The molecular formula is C26H39N3O4S. The summed E-state index contributed by atoms with van der Waals surface area (Å²) in [4.78, 5) is 24.0. The molecular weight excluding hydrogens is 450 g/mol. The minimum atomic E-state index is -3.67. The van der Waals surface area contributed by atoms with Crippen LogP contribution in [0.5, 0.6) is 0 Å². The van der Waals surface area contributed by atoms with Crippen molar-refractivity contribution in [1.82, 2.24) is 10.0 Å². The van der Waals surface area contributed by atoms with Crippen LogP contribution in [0.2, 0.25) is 0 Å². The summed E-state index contributed by atoms with van der Waals surface area (Å²) in [5.74, 6) is 0.857. The molecule has 0 bridgehead atoms. The van der Waals surface area contributed by atoms with Crippen molar-refractivity contribution < 1.29 is 18.0 Å². The van der Waals surface area contributed by atoms with Crippen LogP contribution in [0, 0.1) is 23.7 Å². The molecule has 34 heavy (non-hydrogen) atoms. The van der Waals surface area contributed by atoms with Gasteiger partial charge in [-0.1, -0.05) is 38.3 Å². The molecule has 3 rings (SSSR count). The lowest BCUT2D eigenvalue weighted by Gasteiger charge is -2.37. The number of allylic oxidation sites excluding steroid dienone is 1. The SMILES string of the molecule is CC(=O)Nc1ccc(S(=O)(=O)NCC2C=C(C)C(CC(=O)NC3CCCC3)CC2C(C)C)cc1. The second kappa shape index (κ2) is 11.5. The fourth-order valence-electron chi connectivity index (χ4n) is 5.30. The number of anilines is 1. The molecule has 3 atom stereocenters. The van der Waals surface area contributed by atoms with Gasteiger partial charge in [-0.05, 0) is 74.1 Å². The van der Waals surface area contributed by atoms with Crippen molar-refractivity contribution >= 4 is 27.5 Å². The van der Waals surface area contributed by atoms with Crippen LogP contribution in [0.1, 0.15) is 66.2 Å². The number of benzene rings is 1. The van der Waals surface area contributed by atoms with Gasteiger partial charge in [0.25, 0.3) is 0 Å². The summed E-state index contributed by atoms with van der Waals surface area (Å²) in [7, 11) is -3.67. The normalized spacial score (nSPS) is 23.6. The van der Waals surface area contributed by atoms with E-state index in [0.717, 1.165) is 19.3 Å². The molecule has 1 fully saturated rings. The van der Waals surface area contributed by atoms with Gasteiger partial charge in [-0.15, -0.1) is 0 Å². The van der Waals surface area contributed by atoms with Gasteiger partial charge in [0.15, 0.2) is 0 Å². The summed E-state index contributed by atoms with van der Waals surface area (Å²) in [6.07, 6.45) is 8.11. The van der Waals surface area contributed by atoms with Crippen molar-refractivity contribution in [2.75, 3.05) is 11.9 Å². The summed E-state index contributed by atoms with van der Waals surface area (Å²) in [6.45, 7) is 8.11. The summed E-state index contributed by atoms with van der Waals surface area (Å²) in [6, 6.07) is 6.48. The molecule has 0 radical (unpaired) electrons. The molecule has 8 heteroatoms. The third-order valence-corrected chi connectivity index (χ3v) is 8.67. The number of hydrogen-bond donors (Lipinski definition) is 3. The highest BCUT2D eigenvalue weighted by Gasteiger charge is 2.33. The van der Waals surface area contributed by atoms with Crippen LogP contribution in [0.25, 0.3) is 0 Å². The van der Waals surface area contributed by atoms with E-state index in [9.17, 15) is 18.0 Å². The Kier molecular flexibility index (Phi) is 8.93. The monoisotopic (exact) mass is 489 g/mol. The van der Waals surface area contributed by atoms with Crippen molar-refractivity contribution in [2.45, 2.75) is 77.2 Å². The van der Waals surface area contributed by atoms with E-state index < -0.39 is 10.0 Å². The van der Waals surface area contributed by atoms with Crippen LogP contribution < -0.4 is 15.4 Å². The molecule has 1 aromatic rings. The van der Waals surface area contributed by atoms with Crippen molar-refractivity contribution in [1.29, 1.82) is 0 Å². The second-order valence-corrected chi connectivity index (χ2v) is 12.0. The predicted molar refractivity (Wildman–Crippen MR) is 135 cm³/mol. The Bertz CT molecular complexity index is 995. The zero-order valence-corrected chi connectivity index (χ0v) is 21.6. The van der Waals surface area contributed by atoms with Gasteiger partial charge in [-0.3, -0.25) is 9.59 Å². The number of nitrogens with one attached hydrogen (secondary N) is 3. The van der Waals surface area contributed by atoms with Crippen LogP contribution in [0.3, 0.4) is 0 Å². The van der Waals surface area contributed by atoms with Gasteiger partial charge < -0.3 is 10.6 Å². The van der Waals surface area contributed by atoms with Crippen LogP contribution >= 0.6 is 0 Å². The van der Waals surface area contributed by atoms with Crippen LogP contribution in [-0.2, 0) is 19.6 Å². The van der Waals surface area contributed by atoms with Gasteiger partial charge in [0.2, 0.25) is 21.8 Å². The van der Waals surface area contributed by atoms with Crippen LogP contribution in [0.4, 0.5) is 5.69 Å². The Labute approximate surface area is 204 Å². The van der Waals surface area contributed by atoms with E-state index in [4.69, 9.17) is 0 Å². The Morgan fingerprint density at radius 3 is 2.32 bits per heavy atom. The molecule has 0 heterocycles. The lowest BCUT2D eigenvalue weighted by Crippen LogP contribution is -2.38. The average Bonchev–Trinajstić information content (AvgIpc) is 3.26. The molecule has 0 aliphatic heterocycles. The molecule has 1 aromatic carbocycles. The second-order valence-electron chi connectivity index (χ2n) is 10.2. The predicted octanol–water partition coefficient (Wildman–Crippen LogP) is 4.23. The smallest absolute Gasteiger partial charge is 0.240 e. The number of amides is 2. The Hall–Kier alpha value is -2.19. The Balaban J connectivity index is 1.63. The number of hydrogen-bond acceptors (Lipinski definition) is 4. The molecule has 2 aliphatic carbocycles. The summed E-state index contributed by atoms with van der Waals surface area (Å²) in [5.41, 5.74) is 1.72. The lowest BCUT2D eigenvalue weighted by atomic mass is 9.70. The first-order valence-corrected chi connectivity index (χ1v) is 13.9. The molecule has 0 aromatic heterocycles. The lowest BCUT2D eigenvalue weighted by molar-refractivity contribution is -0.122. The minimum absolute atomic E-state index is 0.0718. The molecule has 3 N–H and O–H groups in total. The molecule has 3 unspecified atom stereocenters. The van der Waals surface area contributed by atoms with E-state index in [2.05, 4.69) is 42.2 Å². The van der Waals surface area contributed by atoms with Gasteiger partial charge in [0.05, 0.1) is 4.90 Å². The number of carbonyl (C=O) groups is 2. The van der Waals surface area contributed by atoms with Crippen LogP contribution in [0.15, 0.2) is 40.8 Å². The maximum Gasteiger partial charge on any atom is 0.240 e. The van der Waals surface area contributed by atoms with Gasteiger partial charge in [-0.2, -0.15) is 0 Å². The van der Waals surface area contributed by atoms with Gasteiger partial charge in [-0.25, -0.2) is 13.1 Å². The molecule has 1 saturated carbocycles. The number of carbonyl (C=O) groups excluding carboxylic acids is 2. The highest BCUT2D eigenvalue weighted by molar-refractivity contribution is 7.89. The first-order valence-electron chi connectivity index (χ1n) is 12.4. The van der Waals surface area contributed by atoms with Crippen molar-refractivity contribution in [2.24, 2.45) is 23.7 Å². The standard InChI is InChI=1S/C26H39N3O4S/c1-17(2)25-14-20(15-26(31)29-22-7-5-6-8-22)18(3)13-21(25)16-27-34(32,33)24-11-9-23(10-12-24)28-19(4)30/h9-13,17,20-22,25,27H,5-8,14-16H2,1-4H3,(H,28,30)(H,29,31). The molecule has 7 nitrogen and oxygen atoms in total. The summed E-state index contributed by atoms with van der Waals surface area (Å²) in [5, 5.41) is 5.84. The first-order chi connectivity index (χ1) is 16.0. The first kappa shape index (κ1) is 26.4. The van der Waals surface area contributed by atoms with E-state index in [1.807, 2.05) is 0 Å². The zero-order chi connectivity index (χ0) is 24.9. The zero-order valence-electron chi connectivity index (χ0n) is 20.8. The molecule has 0 saturated heterocycles. The number of sulfonamides is 1. The van der Waals surface area contributed by atoms with E-state index in [-0.39, 0.29) is 34.5 Å². The van der Waals surface area contributed by atoms with Crippen molar-refractivity contribution in [3.05, 3.63) is 35.9 Å². The Morgan fingerprint density at radius 2 is 1.74 bits per heavy atom. The van der Waals surface area contributed by atoms with E-state index in [1.54, 1.807) is 12.1 Å². The quantitative estimate of drug-likeness (QED) is 0.452. The third-order valence-electron chi connectivity index (χ3n) is 7.23. The fourth-order valence-corrected chi connectivity index (χ4v) is 6.37. The van der Waals surface area contributed by atoms with Gasteiger partial charge in [0, 0.05) is 31.6 Å². The Morgan fingerprint density at radius 1 is 1.09 bits per heavy atom. The highest BCUT2D eigenvalue weighted by Crippen LogP contribution is 2.39. The van der Waals surface area contributed by atoms with Gasteiger partial charge in [0.1, 0.15) is 0 Å². The fraction of sp³-hybridized carbons (Fsp3) is 0.615. The number of rotatable bonds is 9. The minimum Gasteiger partial charge on any atom is -0.353 e. The molecule has 0 spiro atoms. The average molecular weight is 490 g/mol. The maximum atomic E-state index is 12.9. The van der Waals surface area contributed by atoms with Crippen LogP contribution in [-0.4, -0.2) is 32.8 Å². The van der Waals surface area contributed by atoms with Gasteiger partial charge >= 0.3 is 0 Å². The van der Waals surface area contributed by atoms with E-state index >= 15 is 0 Å². The van der Waals surface area contributed by atoms with E-state index in [1.165, 1.54) is 37.5 Å². The topological polar surface area (TPSA) is 104 Å². The van der Waals surface area contributed by atoms with E-state index in [0.29, 0.717) is 30.6 Å². The molecule has 188 valence electrons. The summed E-state index contributed by atoms with van der Waals surface area (Å²) >= 11 is 0. The summed E-state index contributed by atoms with van der Waals surface area (Å²) < 4.78 is 28.5. The largest absolute Gasteiger partial charge is 0.353 e.